The number of carbonyl (C=O) groups is 2. The topological polar surface area (TPSA) is 73.3 Å². The normalized spacial score (nSPS) is 25.9. The summed E-state index contributed by atoms with van der Waals surface area (Å²) in [6.45, 7) is 9.86. The third-order valence-electron chi connectivity index (χ3n) is 6.31. The summed E-state index contributed by atoms with van der Waals surface area (Å²) in [6, 6.07) is -0.0827. The molecule has 0 aromatic carbocycles. The Morgan fingerprint density at radius 1 is 1.00 bits per heavy atom. The number of hydrogen-bond donors (Lipinski definition) is 1. The Balaban J connectivity index is 1.62. The van der Waals surface area contributed by atoms with Crippen LogP contribution in [-0.4, -0.2) is 89.3 Å². The number of aliphatic hydroxyl groups excluding tert-OH is 1. The molecule has 0 aromatic rings. The molecule has 2 saturated heterocycles. The smallest absolute Gasteiger partial charge is 0.410 e. The minimum atomic E-state index is -0.491. The van der Waals surface area contributed by atoms with Crippen LogP contribution in [0.5, 0.6) is 0 Å². The zero-order chi connectivity index (χ0) is 20.3. The van der Waals surface area contributed by atoms with E-state index in [0.29, 0.717) is 38.6 Å². The van der Waals surface area contributed by atoms with Gasteiger partial charge >= 0.3 is 6.09 Å². The van der Waals surface area contributed by atoms with Gasteiger partial charge < -0.3 is 19.6 Å². The molecule has 2 atom stereocenters. The zero-order valence-electron chi connectivity index (χ0n) is 17.7. The maximum absolute atomic E-state index is 13.4. The first-order valence-corrected chi connectivity index (χ1v) is 10.9. The van der Waals surface area contributed by atoms with Crippen LogP contribution in [0.25, 0.3) is 0 Å². The van der Waals surface area contributed by atoms with Gasteiger partial charge in [0.2, 0.25) is 5.91 Å². The van der Waals surface area contributed by atoms with Crippen LogP contribution in [0.2, 0.25) is 0 Å². The van der Waals surface area contributed by atoms with Crippen molar-refractivity contribution < 1.29 is 19.4 Å². The van der Waals surface area contributed by atoms with Crippen LogP contribution in [-0.2, 0) is 9.53 Å². The molecule has 0 radical (unpaired) electrons. The van der Waals surface area contributed by atoms with Crippen LogP contribution in [0.1, 0.15) is 52.9 Å². The summed E-state index contributed by atoms with van der Waals surface area (Å²) in [5.41, 5.74) is -0.491. The summed E-state index contributed by atoms with van der Waals surface area (Å²) in [5, 5.41) is 9.43. The standard InChI is InChI=1S/C21H37N3O4/c1-21(2,3)28-20(27)23-12-10-22(11-13-23)18(17-6-4-5-7-17)19(26)24-9-8-16(14-24)15-25/h16-18,25H,4-15H2,1-3H3. The monoisotopic (exact) mass is 395 g/mol. The number of nitrogens with zero attached hydrogens (tertiary/aromatic N) is 3. The van der Waals surface area contributed by atoms with Crippen molar-refractivity contribution in [1.29, 1.82) is 0 Å². The lowest BCUT2D eigenvalue weighted by molar-refractivity contribution is -0.139. The van der Waals surface area contributed by atoms with Gasteiger partial charge in [-0.1, -0.05) is 12.8 Å². The Bertz CT molecular complexity index is 548. The van der Waals surface area contributed by atoms with Gasteiger partial charge in [-0.05, 0) is 46.0 Å². The number of piperazine rings is 1. The van der Waals surface area contributed by atoms with Crippen LogP contribution >= 0.6 is 0 Å². The van der Waals surface area contributed by atoms with Gasteiger partial charge in [-0.25, -0.2) is 4.79 Å². The first-order valence-electron chi connectivity index (χ1n) is 10.9. The molecule has 2 heterocycles. The highest BCUT2D eigenvalue weighted by Gasteiger charge is 2.41. The second-order valence-electron chi connectivity index (χ2n) is 9.61. The number of aliphatic hydroxyl groups is 1. The van der Waals surface area contributed by atoms with Crippen LogP contribution in [0, 0.1) is 11.8 Å². The lowest BCUT2D eigenvalue weighted by atomic mass is 9.94. The lowest BCUT2D eigenvalue weighted by Crippen LogP contribution is -2.58. The molecule has 0 spiro atoms. The minimum Gasteiger partial charge on any atom is -0.444 e. The van der Waals surface area contributed by atoms with E-state index in [2.05, 4.69) is 4.90 Å². The molecular formula is C21H37N3O4. The molecule has 3 fully saturated rings. The van der Waals surface area contributed by atoms with Crippen molar-refractivity contribution in [2.45, 2.75) is 64.5 Å². The molecule has 0 bridgehead atoms. The molecule has 7 nitrogen and oxygen atoms in total. The Morgan fingerprint density at radius 2 is 1.64 bits per heavy atom. The van der Waals surface area contributed by atoms with Gasteiger partial charge in [0.15, 0.2) is 0 Å². The zero-order valence-corrected chi connectivity index (χ0v) is 17.7. The van der Waals surface area contributed by atoms with Gasteiger partial charge in [-0.3, -0.25) is 9.69 Å². The maximum Gasteiger partial charge on any atom is 0.410 e. The van der Waals surface area contributed by atoms with Gasteiger partial charge in [0.05, 0.1) is 6.04 Å². The predicted octanol–water partition coefficient (Wildman–Crippen LogP) is 1.94. The SMILES string of the molecule is CC(C)(C)OC(=O)N1CCN(C(C(=O)N2CCC(CO)C2)C2CCCC2)CC1. The minimum absolute atomic E-state index is 0.0827. The number of hydrogen-bond acceptors (Lipinski definition) is 5. The number of rotatable bonds is 4. The Labute approximate surface area is 169 Å². The van der Waals surface area contributed by atoms with E-state index in [1.54, 1.807) is 4.90 Å². The average molecular weight is 396 g/mol. The van der Waals surface area contributed by atoms with E-state index in [1.165, 1.54) is 12.8 Å². The first kappa shape index (κ1) is 21.4. The average Bonchev–Trinajstić information content (AvgIpc) is 3.33. The van der Waals surface area contributed by atoms with Crippen molar-refractivity contribution in [2.75, 3.05) is 45.9 Å². The third kappa shape index (κ3) is 5.17. The molecule has 2 amide bonds. The van der Waals surface area contributed by atoms with Crippen LogP contribution in [0.15, 0.2) is 0 Å². The highest BCUT2D eigenvalue weighted by molar-refractivity contribution is 5.82. The summed E-state index contributed by atoms with van der Waals surface area (Å²) in [6.07, 6.45) is 5.25. The van der Waals surface area contributed by atoms with E-state index < -0.39 is 5.60 Å². The van der Waals surface area contributed by atoms with E-state index in [1.807, 2.05) is 25.7 Å². The molecule has 1 saturated carbocycles. The summed E-state index contributed by atoms with van der Waals surface area (Å²) in [7, 11) is 0. The van der Waals surface area contributed by atoms with Gasteiger partial charge in [-0.2, -0.15) is 0 Å². The van der Waals surface area contributed by atoms with Gasteiger partial charge in [-0.15, -0.1) is 0 Å². The fourth-order valence-electron chi connectivity index (χ4n) is 4.81. The van der Waals surface area contributed by atoms with E-state index in [-0.39, 0.29) is 30.6 Å². The summed E-state index contributed by atoms with van der Waals surface area (Å²) in [4.78, 5) is 31.8. The van der Waals surface area contributed by atoms with Gasteiger partial charge in [0.1, 0.15) is 5.60 Å². The lowest BCUT2D eigenvalue weighted by Gasteiger charge is -2.42. The highest BCUT2D eigenvalue weighted by atomic mass is 16.6. The summed E-state index contributed by atoms with van der Waals surface area (Å²) < 4.78 is 5.50. The molecule has 2 unspecified atom stereocenters. The van der Waals surface area contributed by atoms with Crippen LogP contribution < -0.4 is 0 Å². The molecule has 2 aliphatic heterocycles. The van der Waals surface area contributed by atoms with Crippen LogP contribution in [0.4, 0.5) is 4.79 Å². The second-order valence-corrected chi connectivity index (χ2v) is 9.61. The van der Waals surface area contributed by atoms with Crippen molar-refractivity contribution >= 4 is 12.0 Å². The first-order chi connectivity index (χ1) is 13.3. The molecule has 1 aliphatic carbocycles. The fourth-order valence-corrected chi connectivity index (χ4v) is 4.81. The molecule has 3 aliphatic rings. The Kier molecular flexibility index (Phi) is 6.86. The Hall–Kier alpha value is -1.34. The van der Waals surface area contributed by atoms with Crippen molar-refractivity contribution in [1.82, 2.24) is 14.7 Å². The quantitative estimate of drug-likeness (QED) is 0.788. The maximum atomic E-state index is 13.4. The van der Waals surface area contributed by atoms with Gasteiger partial charge in [0, 0.05) is 51.8 Å². The van der Waals surface area contributed by atoms with Crippen molar-refractivity contribution in [3.8, 4) is 0 Å². The Morgan fingerprint density at radius 3 is 2.18 bits per heavy atom. The number of carbonyl (C=O) groups excluding carboxylic acids is 2. The number of amides is 2. The summed E-state index contributed by atoms with van der Waals surface area (Å²) >= 11 is 0. The largest absolute Gasteiger partial charge is 0.444 e. The predicted molar refractivity (Wildman–Crippen MR) is 107 cm³/mol. The van der Waals surface area contributed by atoms with E-state index in [9.17, 15) is 14.7 Å². The molecule has 1 N–H and O–H groups in total. The molecule has 160 valence electrons. The van der Waals surface area contributed by atoms with Crippen molar-refractivity contribution in [2.24, 2.45) is 11.8 Å². The molecule has 3 rings (SSSR count). The molecule has 7 heteroatoms. The highest BCUT2D eigenvalue weighted by Crippen LogP contribution is 2.33. The van der Waals surface area contributed by atoms with Crippen LogP contribution in [0.3, 0.4) is 0 Å². The van der Waals surface area contributed by atoms with Crippen molar-refractivity contribution in [3.05, 3.63) is 0 Å². The summed E-state index contributed by atoms with van der Waals surface area (Å²) in [5.74, 6) is 0.861. The van der Waals surface area contributed by atoms with E-state index in [0.717, 1.165) is 25.8 Å². The number of ether oxygens (including phenoxy) is 1. The van der Waals surface area contributed by atoms with Gasteiger partial charge in [0.25, 0.3) is 0 Å². The van der Waals surface area contributed by atoms with E-state index >= 15 is 0 Å². The van der Waals surface area contributed by atoms with Crippen molar-refractivity contribution in [3.63, 3.8) is 0 Å². The molecule has 0 aromatic heterocycles. The third-order valence-corrected chi connectivity index (χ3v) is 6.31. The second kappa shape index (κ2) is 8.99. The number of likely N-dealkylation sites (tertiary alicyclic amines) is 1. The molecule has 28 heavy (non-hydrogen) atoms. The molecular weight excluding hydrogens is 358 g/mol. The fraction of sp³-hybridized carbons (Fsp3) is 0.905. The van der Waals surface area contributed by atoms with E-state index in [4.69, 9.17) is 4.74 Å².